The Morgan fingerprint density at radius 3 is 2.21 bits per heavy atom. The van der Waals surface area contributed by atoms with Crippen LogP contribution in [0.3, 0.4) is 0 Å². The first-order valence-electron chi connectivity index (χ1n) is 6.16. The van der Waals surface area contributed by atoms with Gasteiger partial charge >= 0.3 is 0 Å². The van der Waals surface area contributed by atoms with E-state index in [1.807, 2.05) is 13.8 Å². The number of β-amino-alcohol motifs (C(OH)–C–C–N with tert-alkyl or cyclic N) is 1. The number of ether oxygens (including phenoxy) is 1. The molecule has 1 fully saturated rings. The van der Waals surface area contributed by atoms with Gasteiger partial charge in [-0.1, -0.05) is 13.8 Å². The molecule has 0 atom stereocenters. The lowest BCUT2D eigenvalue weighted by molar-refractivity contribution is -0.0932. The van der Waals surface area contributed by atoms with Crippen LogP contribution in [-0.4, -0.2) is 43.6 Å². The number of methoxy groups -OCH3 is 1. The smallest absolute Gasteiger partial charge is 0.243 e. The molecule has 0 unspecified atom stereocenters. The second-order valence-corrected chi connectivity index (χ2v) is 7.14. The van der Waals surface area contributed by atoms with Crippen LogP contribution in [0.1, 0.15) is 13.8 Å². The monoisotopic (exact) mass is 285 g/mol. The van der Waals surface area contributed by atoms with Crippen LogP contribution in [0, 0.1) is 5.92 Å². The summed E-state index contributed by atoms with van der Waals surface area (Å²) in [4.78, 5) is 0.221. The molecule has 1 saturated heterocycles. The summed E-state index contributed by atoms with van der Waals surface area (Å²) in [5, 5.41) is 10.1. The molecule has 6 heteroatoms. The SMILES string of the molecule is COc1ccc(S(=O)(=O)N2CC(O)(C(C)C)C2)cc1. The Morgan fingerprint density at radius 1 is 1.26 bits per heavy atom. The van der Waals surface area contributed by atoms with Crippen LogP contribution < -0.4 is 4.74 Å². The van der Waals surface area contributed by atoms with Gasteiger partial charge in [-0.2, -0.15) is 4.31 Å². The Bertz CT molecular complexity index is 545. The molecule has 0 aliphatic carbocycles. The van der Waals surface area contributed by atoms with Gasteiger partial charge in [0.25, 0.3) is 0 Å². The van der Waals surface area contributed by atoms with E-state index < -0.39 is 15.6 Å². The first-order valence-corrected chi connectivity index (χ1v) is 7.60. The molecule has 1 aromatic carbocycles. The standard InChI is InChI=1S/C13H19NO4S/c1-10(2)13(15)8-14(9-13)19(16,17)12-6-4-11(18-3)5-7-12/h4-7,10,15H,8-9H2,1-3H3. The number of sulfonamides is 1. The molecule has 106 valence electrons. The van der Waals surface area contributed by atoms with E-state index in [2.05, 4.69) is 0 Å². The molecule has 0 spiro atoms. The summed E-state index contributed by atoms with van der Waals surface area (Å²) in [6.07, 6.45) is 0. The number of hydrogen-bond donors (Lipinski definition) is 1. The summed E-state index contributed by atoms with van der Waals surface area (Å²) in [6.45, 7) is 4.08. The summed E-state index contributed by atoms with van der Waals surface area (Å²) in [7, 11) is -1.98. The lowest BCUT2D eigenvalue weighted by Gasteiger charge is -2.47. The Morgan fingerprint density at radius 2 is 1.79 bits per heavy atom. The molecule has 1 aromatic rings. The van der Waals surface area contributed by atoms with E-state index >= 15 is 0 Å². The number of hydrogen-bond acceptors (Lipinski definition) is 4. The molecule has 2 rings (SSSR count). The zero-order valence-corrected chi connectivity index (χ0v) is 12.1. The number of benzene rings is 1. The van der Waals surface area contributed by atoms with Gasteiger partial charge in [0.1, 0.15) is 5.75 Å². The van der Waals surface area contributed by atoms with Gasteiger partial charge in [-0.05, 0) is 30.2 Å². The lowest BCUT2D eigenvalue weighted by Crippen LogP contribution is -2.65. The molecular formula is C13H19NO4S. The summed E-state index contributed by atoms with van der Waals surface area (Å²) >= 11 is 0. The van der Waals surface area contributed by atoms with Crippen molar-refractivity contribution in [3.63, 3.8) is 0 Å². The Hall–Kier alpha value is -1.11. The van der Waals surface area contributed by atoms with E-state index in [1.54, 1.807) is 12.1 Å². The number of rotatable bonds is 4. The van der Waals surface area contributed by atoms with Gasteiger partial charge in [0, 0.05) is 13.1 Å². The Kier molecular flexibility index (Phi) is 3.59. The average Bonchev–Trinajstić information content (AvgIpc) is 2.34. The maximum Gasteiger partial charge on any atom is 0.243 e. The summed E-state index contributed by atoms with van der Waals surface area (Å²) in [6, 6.07) is 6.25. The fourth-order valence-electron chi connectivity index (χ4n) is 2.00. The van der Waals surface area contributed by atoms with Gasteiger partial charge in [0.05, 0.1) is 17.6 Å². The maximum atomic E-state index is 12.3. The average molecular weight is 285 g/mol. The van der Waals surface area contributed by atoms with Crippen LogP contribution in [0.2, 0.25) is 0 Å². The van der Waals surface area contributed by atoms with Crippen molar-refractivity contribution in [2.24, 2.45) is 5.92 Å². The third-order valence-electron chi connectivity index (χ3n) is 3.67. The van der Waals surface area contributed by atoms with E-state index in [4.69, 9.17) is 4.74 Å². The molecule has 0 radical (unpaired) electrons. The van der Waals surface area contributed by atoms with Crippen molar-refractivity contribution >= 4 is 10.0 Å². The van der Waals surface area contributed by atoms with E-state index in [0.717, 1.165) is 0 Å². The van der Waals surface area contributed by atoms with Gasteiger partial charge in [-0.15, -0.1) is 0 Å². The fourth-order valence-corrected chi connectivity index (χ4v) is 3.56. The molecular weight excluding hydrogens is 266 g/mol. The molecule has 0 aromatic heterocycles. The first-order chi connectivity index (χ1) is 8.79. The molecule has 1 N–H and O–H groups in total. The van der Waals surface area contributed by atoms with Crippen molar-refractivity contribution in [1.82, 2.24) is 4.31 Å². The van der Waals surface area contributed by atoms with Crippen molar-refractivity contribution < 1.29 is 18.3 Å². The van der Waals surface area contributed by atoms with E-state index in [0.29, 0.717) is 5.75 Å². The minimum absolute atomic E-state index is 0.0369. The van der Waals surface area contributed by atoms with E-state index in [9.17, 15) is 13.5 Å². The molecule has 1 aliphatic heterocycles. The zero-order valence-electron chi connectivity index (χ0n) is 11.3. The van der Waals surface area contributed by atoms with Crippen LogP contribution in [0.15, 0.2) is 29.2 Å². The number of nitrogens with zero attached hydrogens (tertiary/aromatic N) is 1. The maximum absolute atomic E-state index is 12.3. The fraction of sp³-hybridized carbons (Fsp3) is 0.538. The molecule has 19 heavy (non-hydrogen) atoms. The highest BCUT2D eigenvalue weighted by molar-refractivity contribution is 7.89. The molecule has 0 amide bonds. The highest BCUT2D eigenvalue weighted by Crippen LogP contribution is 2.33. The molecule has 0 bridgehead atoms. The van der Waals surface area contributed by atoms with Gasteiger partial charge in [0.2, 0.25) is 10.0 Å². The van der Waals surface area contributed by atoms with Crippen molar-refractivity contribution in [2.45, 2.75) is 24.3 Å². The van der Waals surface area contributed by atoms with E-state index in [-0.39, 0.29) is 23.9 Å². The minimum atomic E-state index is -3.51. The third-order valence-corrected chi connectivity index (χ3v) is 5.48. The molecule has 5 nitrogen and oxygen atoms in total. The van der Waals surface area contributed by atoms with Crippen molar-refractivity contribution in [3.05, 3.63) is 24.3 Å². The predicted molar refractivity (Wildman–Crippen MR) is 71.5 cm³/mol. The number of aliphatic hydroxyl groups is 1. The van der Waals surface area contributed by atoms with Crippen LogP contribution in [-0.2, 0) is 10.0 Å². The van der Waals surface area contributed by atoms with E-state index in [1.165, 1.54) is 23.5 Å². The van der Waals surface area contributed by atoms with Crippen LogP contribution in [0.5, 0.6) is 5.75 Å². The van der Waals surface area contributed by atoms with Crippen LogP contribution in [0.25, 0.3) is 0 Å². The van der Waals surface area contributed by atoms with Crippen LogP contribution in [0.4, 0.5) is 0 Å². The van der Waals surface area contributed by atoms with Crippen molar-refractivity contribution in [1.29, 1.82) is 0 Å². The predicted octanol–water partition coefficient (Wildman–Crippen LogP) is 1.09. The van der Waals surface area contributed by atoms with Crippen molar-refractivity contribution in [3.8, 4) is 5.75 Å². The summed E-state index contributed by atoms with van der Waals surface area (Å²) < 4.78 is 30.9. The first kappa shape index (κ1) is 14.3. The second kappa shape index (κ2) is 4.77. The Balaban J connectivity index is 2.16. The summed E-state index contributed by atoms with van der Waals surface area (Å²) in [5.41, 5.74) is -0.903. The van der Waals surface area contributed by atoms with Gasteiger partial charge in [-0.25, -0.2) is 8.42 Å². The minimum Gasteiger partial charge on any atom is -0.497 e. The molecule has 1 aliphatic rings. The topological polar surface area (TPSA) is 66.8 Å². The molecule has 0 saturated carbocycles. The largest absolute Gasteiger partial charge is 0.497 e. The summed E-state index contributed by atoms with van der Waals surface area (Å²) in [5.74, 6) is 0.649. The lowest BCUT2D eigenvalue weighted by atomic mass is 9.85. The Labute approximate surface area is 113 Å². The van der Waals surface area contributed by atoms with Crippen LogP contribution >= 0.6 is 0 Å². The highest BCUT2D eigenvalue weighted by atomic mass is 32.2. The molecule has 1 heterocycles. The zero-order chi connectivity index (χ0) is 14.3. The van der Waals surface area contributed by atoms with Gasteiger partial charge in [0.15, 0.2) is 0 Å². The second-order valence-electron chi connectivity index (χ2n) is 5.21. The van der Waals surface area contributed by atoms with Gasteiger partial charge < -0.3 is 9.84 Å². The normalized spacial score (nSPS) is 19.2. The third kappa shape index (κ3) is 2.48. The van der Waals surface area contributed by atoms with Crippen molar-refractivity contribution in [2.75, 3.05) is 20.2 Å². The van der Waals surface area contributed by atoms with Gasteiger partial charge in [-0.3, -0.25) is 0 Å². The quantitative estimate of drug-likeness (QED) is 0.899. The highest BCUT2D eigenvalue weighted by Gasteiger charge is 2.49.